The number of amides is 2. The molecule has 2 aromatic heterocycles. The van der Waals surface area contributed by atoms with Crippen LogP contribution in [0.5, 0.6) is 0 Å². The molecule has 0 unspecified atom stereocenters. The fourth-order valence-electron chi connectivity index (χ4n) is 2.33. The monoisotopic (exact) mass is 384 g/mol. The summed E-state index contributed by atoms with van der Waals surface area (Å²) >= 11 is 5.94. The molecule has 3 aromatic rings. The van der Waals surface area contributed by atoms with Crippen LogP contribution in [0.15, 0.2) is 59.4 Å². The Bertz CT molecular complexity index is 927. The zero-order chi connectivity index (χ0) is 19.1. The molecular weight excluding hydrogens is 368 g/mol. The predicted molar refractivity (Wildman–Crippen MR) is 100.0 cm³/mol. The Kier molecular flexibility index (Phi) is 6.17. The Morgan fingerprint density at radius 2 is 1.89 bits per heavy atom. The molecule has 2 heterocycles. The highest BCUT2D eigenvalue weighted by molar-refractivity contribution is 6.30. The van der Waals surface area contributed by atoms with Gasteiger partial charge in [0.15, 0.2) is 11.5 Å². The Labute approximate surface area is 160 Å². The Morgan fingerprint density at radius 1 is 1.07 bits per heavy atom. The smallest absolute Gasteiger partial charge is 0.273 e. The molecule has 27 heavy (non-hydrogen) atoms. The molecule has 138 valence electrons. The molecule has 8 heteroatoms. The van der Waals surface area contributed by atoms with Crippen molar-refractivity contribution < 1.29 is 14.1 Å². The lowest BCUT2D eigenvalue weighted by atomic mass is 10.1. The second kappa shape index (κ2) is 8.95. The van der Waals surface area contributed by atoms with Crippen LogP contribution < -0.4 is 10.6 Å². The molecule has 7 nitrogen and oxygen atoms in total. The van der Waals surface area contributed by atoms with Gasteiger partial charge in [-0.15, -0.1) is 0 Å². The van der Waals surface area contributed by atoms with E-state index in [0.717, 1.165) is 11.1 Å². The molecule has 3 rings (SSSR count). The summed E-state index contributed by atoms with van der Waals surface area (Å²) in [6.07, 6.45) is 3.49. The van der Waals surface area contributed by atoms with Gasteiger partial charge in [-0.1, -0.05) is 28.9 Å². The van der Waals surface area contributed by atoms with Crippen LogP contribution in [0.1, 0.15) is 22.5 Å². The maximum Gasteiger partial charge on any atom is 0.273 e. The summed E-state index contributed by atoms with van der Waals surface area (Å²) < 4.78 is 5.19. The number of halogens is 1. The first-order valence-electron chi connectivity index (χ1n) is 8.28. The van der Waals surface area contributed by atoms with Gasteiger partial charge < -0.3 is 15.2 Å². The van der Waals surface area contributed by atoms with E-state index in [1.165, 1.54) is 6.07 Å². The van der Waals surface area contributed by atoms with Gasteiger partial charge >= 0.3 is 0 Å². The standard InChI is InChI=1S/C19H17ClN4O3/c20-15-3-1-2-14(10-15)17-11-16(24-27-17)19(26)22-9-6-18(25)23-12-13-4-7-21-8-5-13/h1-5,7-8,10-11H,6,9,12H2,(H,22,26)(H,23,25). The maximum atomic E-state index is 12.1. The Morgan fingerprint density at radius 3 is 2.67 bits per heavy atom. The SMILES string of the molecule is O=C(CCNC(=O)c1cc(-c2cccc(Cl)c2)on1)NCc1ccncc1. The fourth-order valence-corrected chi connectivity index (χ4v) is 2.52. The zero-order valence-electron chi connectivity index (χ0n) is 14.3. The highest BCUT2D eigenvalue weighted by Gasteiger charge is 2.14. The molecule has 1 aromatic carbocycles. The molecule has 0 spiro atoms. The number of hydrogen-bond acceptors (Lipinski definition) is 5. The quantitative estimate of drug-likeness (QED) is 0.652. The van der Waals surface area contributed by atoms with E-state index in [-0.39, 0.29) is 24.6 Å². The highest BCUT2D eigenvalue weighted by atomic mass is 35.5. The molecule has 0 aliphatic rings. The normalized spacial score (nSPS) is 10.4. The van der Waals surface area contributed by atoms with E-state index in [4.69, 9.17) is 16.1 Å². The molecule has 0 aliphatic carbocycles. The van der Waals surface area contributed by atoms with Crippen LogP contribution in [-0.2, 0) is 11.3 Å². The van der Waals surface area contributed by atoms with Gasteiger partial charge in [-0.2, -0.15) is 0 Å². The van der Waals surface area contributed by atoms with E-state index < -0.39 is 5.91 Å². The van der Waals surface area contributed by atoms with E-state index in [1.54, 1.807) is 36.7 Å². The number of carbonyl (C=O) groups is 2. The molecular formula is C19H17ClN4O3. The number of hydrogen-bond donors (Lipinski definition) is 2. The van der Waals surface area contributed by atoms with Crippen LogP contribution in [0, 0.1) is 0 Å². The van der Waals surface area contributed by atoms with Gasteiger partial charge in [0.05, 0.1) is 0 Å². The molecule has 0 saturated carbocycles. The first-order chi connectivity index (χ1) is 13.1. The predicted octanol–water partition coefficient (Wildman–Crippen LogP) is 2.83. The van der Waals surface area contributed by atoms with Crippen molar-refractivity contribution in [3.05, 3.63) is 71.1 Å². The number of nitrogens with one attached hydrogen (secondary N) is 2. The van der Waals surface area contributed by atoms with Crippen LogP contribution in [0.25, 0.3) is 11.3 Å². The minimum atomic E-state index is -0.408. The van der Waals surface area contributed by atoms with E-state index in [2.05, 4.69) is 20.8 Å². The number of aromatic nitrogens is 2. The highest BCUT2D eigenvalue weighted by Crippen LogP contribution is 2.23. The summed E-state index contributed by atoms with van der Waals surface area (Å²) in [5, 5.41) is 9.75. The van der Waals surface area contributed by atoms with Crippen LogP contribution in [0.2, 0.25) is 5.02 Å². The molecule has 0 saturated heterocycles. The summed E-state index contributed by atoms with van der Waals surface area (Å²) in [6, 6.07) is 12.2. The van der Waals surface area contributed by atoms with Gasteiger partial charge in [-0.25, -0.2) is 0 Å². The number of nitrogens with zero attached hydrogens (tertiary/aromatic N) is 2. The average Bonchev–Trinajstić information content (AvgIpc) is 3.17. The van der Waals surface area contributed by atoms with E-state index >= 15 is 0 Å². The van der Waals surface area contributed by atoms with Crippen LogP contribution in [0.3, 0.4) is 0 Å². The topological polar surface area (TPSA) is 97.1 Å². The van der Waals surface area contributed by atoms with E-state index in [1.807, 2.05) is 12.1 Å². The molecule has 0 aliphatic heterocycles. The van der Waals surface area contributed by atoms with Crippen molar-refractivity contribution in [3.8, 4) is 11.3 Å². The summed E-state index contributed by atoms with van der Waals surface area (Å²) in [6.45, 7) is 0.613. The van der Waals surface area contributed by atoms with Crippen molar-refractivity contribution in [2.45, 2.75) is 13.0 Å². The first-order valence-corrected chi connectivity index (χ1v) is 8.66. The minimum absolute atomic E-state index is 0.141. The maximum absolute atomic E-state index is 12.1. The van der Waals surface area contributed by atoms with Crippen LogP contribution >= 0.6 is 11.6 Å². The van der Waals surface area contributed by atoms with Crippen molar-refractivity contribution in [1.82, 2.24) is 20.8 Å². The Balaban J connectivity index is 1.45. The minimum Gasteiger partial charge on any atom is -0.355 e. The number of pyridine rings is 1. The second-order valence-electron chi connectivity index (χ2n) is 5.72. The zero-order valence-corrected chi connectivity index (χ0v) is 15.1. The molecule has 2 N–H and O–H groups in total. The van der Waals surface area contributed by atoms with Gasteiger partial charge in [0, 0.05) is 48.6 Å². The van der Waals surface area contributed by atoms with Crippen molar-refractivity contribution in [3.63, 3.8) is 0 Å². The van der Waals surface area contributed by atoms with Gasteiger partial charge in [-0.3, -0.25) is 14.6 Å². The summed E-state index contributed by atoms with van der Waals surface area (Å²) in [7, 11) is 0. The first kappa shape index (κ1) is 18.6. The molecule has 0 radical (unpaired) electrons. The second-order valence-corrected chi connectivity index (χ2v) is 6.16. The lowest BCUT2D eigenvalue weighted by Gasteiger charge is -2.05. The molecule has 0 atom stereocenters. The van der Waals surface area contributed by atoms with Gasteiger partial charge in [0.25, 0.3) is 5.91 Å². The fraction of sp³-hybridized carbons (Fsp3) is 0.158. The number of benzene rings is 1. The van der Waals surface area contributed by atoms with E-state index in [9.17, 15) is 9.59 Å². The largest absolute Gasteiger partial charge is 0.355 e. The van der Waals surface area contributed by atoms with Crippen molar-refractivity contribution in [1.29, 1.82) is 0 Å². The third-order valence-corrected chi connectivity index (χ3v) is 3.96. The molecule has 0 fully saturated rings. The third kappa shape index (κ3) is 5.39. The van der Waals surface area contributed by atoms with Gasteiger partial charge in [0.2, 0.25) is 5.91 Å². The number of carbonyl (C=O) groups excluding carboxylic acids is 2. The average molecular weight is 385 g/mol. The van der Waals surface area contributed by atoms with Crippen molar-refractivity contribution >= 4 is 23.4 Å². The van der Waals surface area contributed by atoms with E-state index in [0.29, 0.717) is 17.3 Å². The number of rotatable bonds is 7. The third-order valence-electron chi connectivity index (χ3n) is 3.73. The van der Waals surface area contributed by atoms with Crippen LogP contribution in [0.4, 0.5) is 0 Å². The van der Waals surface area contributed by atoms with Crippen LogP contribution in [-0.4, -0.2) is 28.5 Å². The molecule has 2 amide bonds. The van der Waals surface area contributed by atoms with Crippen molar-refractivity contribution in [2.75, 3.05) is 6.54 Å². The summed E-state index contributed by atoms with van der Waals surface area (Å²) in [4.78, 5) is 27.9. The Hall–Kier alpha value is -3.19. The molecule has 0 bridgehead atoms. The van der Waals surface area contributed by atoms with Gasteiger partial charge in [0.1, 0.15) is 0 Å². The summed E-state index contributed by atoms with van der Waals surface area (Å²) in [5.41, 5.74) is 1.82. The summed E-state index contributed by atoms with van der Waals surface area (Å²) in [5.74, 6) is -0.126. The van der Waals surface area contributed by atoms with Crippen molar-refractivity contribution in [2.24, 2.45) is 0 Å². The lowest BCUT2D eigenvalue weighted by Crippen LogP contribution is -2.30. The van der Waals surface area contributed by atoms with Gasteiger partial charge in [-0.05, 0) is 29.8 Å². The lowest BCUT2D eigenvalue weighted by molar-refractivity contribution is -0.121.